The summed E-state index contributed by atoms with van der Waals surface area (Å²) in [7, 11) is -2.28. The Morgan fingerprint density at radius 2 is 1.89 bits per heavy atom. The highest BCUT2D eigenvalue weighted by Gasteiger charge is 2.31. The van der Waals surface area contributed by atoms with Crippen LogP contribution in [0.4, 0.5) is 0 Å². The summed E-state index contributed by atoms with van der Waals surface area (Å²) in [5.74, 6) is -1.69. The number of nitrogens with two attached hydrogens (primary N) is 1. The molecule has 0 saturated carbocycles. The monoisotopic (exact) mass is 279 g/mol. The fourth-order valence-electron chi connectivity index (χ4n) is 1.95. The maximum atomic E-state index is 11.9. The summed E-state index contributed by atoms with van der Waals surface area (Å²) in [4.78, 5) is 23.5. The molecule has 0 aromatic rings. The Hall–Kier alpha value is -1.19. The summed E-state index contributed by atoms with van der Waals surface area (Å²) < 4.78 is 23.3. The summed E-state index contributed by atoms with van der Waals surface area (Å²) in [6.07, 6.45) is 0.721. The largest absolute Gasteiger partial charge is 0.480 e. The van der Waals surface area contributed by atoms with Crippen LogP contribution < -0.4 is 5.14 Å². The minimum atomic E-state index is -3.70. The Balaban J connectivity index is 2.53. The third-order valence-electron chi connectivity index (χ3n) is 2.91. The van der Waals surface area contributed by atoms with E-state index in [4.69, 9.17) is 10.2 Å². The standard InChI is InChI=1S/C9H17N3O5S/c1-11(6-8(13)14)9(15)7-2-4-12(5-3-7)18(10,16)17/h7H,2-6H2,1H3,(H,13,14)(H2,10,16,17). The van der Waals surface area contributed by atoms with E-state index in [9.17, 15) is 18.0 Å². The molecule has 18 heavy (non-hydrogen) atoms. The lowest BCUT2D eigenvalue weighted by molar-refractivity contribution is -0.145. The molecule has 0 aliphatic carbocycles. The Morgan fingerprint density at radius 3 is 2.28 bits per heavy atom. The van der Waals surface area contributed by atoms with Gasteiger partial charge in [-0.15, -0.1) is 0 Å². The average Bonchev–Trinajstić information content (AvgIpc) is 2.26. The van der Waals surface area contributed by atoms with Crippen LogP contribution in [-0.2, 0) is 19.8 Å². The zero-order valence-corrected chi connectivity index (χ0v) is 10.9. The van der Waals surface area contributed by atoms with Gasteiger partial charge in [-0.1, -0.05) is 0 Å². The lowest BCUT2D eigenvalue weighted by Gasteiger charge is -2.30. The Bertz CT molecular complexity index is 427. The van der Waals surface area contributed by atoms with E-state index < -0.39 is 16.2 Å². The predicted octanol–water partition coefficient (Wildman–Crippen LogP) is -1.56. The van der Waals surface area contributed by atoms with Crippen LogP contribution in [0.1, 0.15) is 12.8 Å². The lowest BCUT2D eigenvalue weighted by Crippen LogP contribution is -2.46. The molecule has 3 N–H and O–H groups in total. The number of aliphatic carboxylic acids is 1. The third-order valence-corrected chi connectivity index (χ3v) is 4.00. The maximum Gasteiger partial charge on any atom is 0.323 e. The van der Waals surface area contributed by atoms with Gasteiger partial charge in [0.2, 0.25) is 5.91 Å². The molecule has 0 spiro atoms. The quantitative estimate of drug-likeness (QED) is 0.645. The summed E-state index contributed by atoms with van der Waals surface area (Å²) in [5.41, 5.74) is 0. The third kappa shape index (κ3) is 3.93. The first-order chi connectivity index (χ1) is 8.21. The first kappa shape index (κ1) is 14.9. The molecular formula is C9H17N3O5S. The molecule has 0 bridgehead atoms. The van der Waals surface area contributed by atoms with Crippen LogP contribution in [0.2, 0.25) is 0 Å². The molecule has 1 heterocycles. The molecule has 0 radical (unpaired) electrons. The van der Waals surface area contributed by atoms with Crippen LogP contribution in [0, 0.1) is 5.92 Å². The number of piperidine rings is 1. The highest BCUT2D eigenvalue weighted by atomic mass is 32.2. The van der Waals surface area contributed by atoms with Gasteiger partial charge >= 0.3 is 5.97 Å². The van der Waals surface area contributed by atoms with E-state index in [1.54, 1.807) is 0 Å². The summed E-state index contributed by atoms with van der Waals surface area (Å²) >= 11 is 0. The minimum absolute atomic E-state index is 0.191. The molecule has 1 amide bonds. The number of amides is 1. The highest BCUT2D eigenvalue weighted by molar-refractivity contribution is 7.86. The molecule has 9 heteroatoms. The van der Waals surface area contributed by atoms with E-state index in [-0.39, 0.29) is 31.5 Å². The van der Waals surface area contributed by atoms with Crippen molar-refractivity contribution in [2.45, 2.75) is 12.8 Å². The normalized spacial score (nSPS) is 18.6. The number of carboxylic acids is 1. The molecule has 0 aromatic heterocycles. The van der Waals surface area contributed by atoms with Crippen molar-refractivity contribution in [3.8, 4) is 0 Å². The van der Waals surface area contributed by atoms with Crippen molar-refractivity contribution in [2.24, 2.45) is 11.1 Å². The second kappa shape index (κ2) is 5.63. The van der Waals surface area contributed by atoms with Crippen LogP contribution in [-0.4, -0.2) is 61.3 Å². The van der Waals surface area contributed by atoms with Crippen molar-refractivity contribution in [2.75, 3.05) is 26.7 Å². The SMILES string of the molecule is CN(CC(=O)O)C(=O)C1CCN(S(N)(=O)=O)CC1. The fourth-order valence-corrected chi connectivity index (χ4v) is 2.67. The van der Waals surface area contributed by atoms with Crippen molar-refractivity contribution in [3.63, 3.8) is 0 Å². The van der Waals surface area contributed by atoms with Gasteiger partial charge < -0.3 is 10.0 Å². The number of likely N-dealkylation sites (N-methyl/N-ethyl adjacent to an activating group) is 1. The predicted molar refractivity (Wildman–Crippen MR) is 62.7 cm³/mol. The average molecular weight is 279 g/mol. The first-order valence-corrected chi connectivity index (χ1v) is 6.96. The van der Waals surface area contributed by atoms with E-state index in [1.807, 2.05) is 0 Å². The van der Waals surface area contributed by atoms with Crippen molar-refractivity contribution in [3.05, 3.63) is 0 Å². The molecule has 104 valence electrons. The van der Waals surface area contributed by atoms with E-state index in [1.165, 1.54) is 7.05 Å². The molecule has 8 nitrogen and oxygen atoms in total. The van der Waals surface area contributed by atoms with Gasteiger partial charge in [-0.3, -0.25) is 9.59 Å². The number of carboxylic acid groups (broad SMARTS) is 1. The molecule has 1 fully saturated rings. The minimum Gasteiger partial charge on any atom is -0.480 e. The number of hydrogen-bond acceptors (Lipinski definition) is 4. The molecule has 1 saturated heterocycles. The van der Waals surface area contributed by atoms with Crippen molar-refractivity contribution in [1.29, 1.82) is 0 Å². The Kier molecular flexibility index (Phi) is 4.65. The van der Waals surface area contributed by atoms with Gasteiger partial charge in [-0.25, -0.2) is 5.14 Å². The topological polar surface area (TPSA) is 121 Å². The highest BCUT2D eigenvalue weighted by Crippen LogP contribution is 2.20. The van der Waals surface area contributed by atoms with Crippen molar-refractivity contribution < 1.29 is 23.1 Å². The lowest BCUT2D eigenvalue weighted by atomic mass is 9.97. The van der Waals surface area contributed by atoms with Gasteiger partial charge in [0.25, 0.3) is 10.2 Å². The van der Waals surface area contributed by atoms with E-state index in [0.29, 0.717) is 12.8 Å². The van der Waals surface area contributed by atoms with Crippen LogP contribution in [0.5, 0.6) is 0 Å². The van der Waals surface area contributed by atoms with Gasteiger partial charge in [0.15, 0.2) is 0 Å². The van der Waals surface area contributed by atoms with Gasteiger partial charge in [-0.2, -0.15) is 12.7 Å². The van der Waals surface area contributed by atoms with Crippen molar-refractivity contribution >= 4 is 22.1 Å². The van der Waals surface area contributed by atoms with Gasteiger partial charge in [0.05, 0.1) is 0 Å². The number of rotatable bonds is 4. The number of nitrogens with zero attached hydrogens (tertiary/aromatic N) is 2. The molecule has 1 aliphatic heterocycles. The van der Waals surface area contributed by atoms with Crippen LogP contribution in [0.3, 0.4) is 0 Å². The fraction of sp³-hybridized carbons (Fsp3) is 0.778. The van der Waals surface area contributed by atoms with Crippen LogP contribution in [0.15, 0.2) is 0 Å². The number of carbonyl (C=O) groups excluding carboxylic acids is 1. The van der Waals surface area contributed by atoms with Gasteiger partial charge in [0.1, 0.15) is 6.54 Å². The van der Waals surface area contributed by atoms with E-state index in [2.05, 4.69) is 0 Å². The van der Waals surface area contributed by atoms with Crippen LogP contribution in [0.25, 0.3) is 0 Å². The molecule has 0 aromatic carbocycles. The van der Waals surface area contributed by atoms with E-state index in [0.717, 1.165) is 9.21 Å². The number of hydrogen-bond donors (Lipinski definition) is 2. The second-order valence-corrected chi connectivity index (χ2v) is 5.85. The smallest absolute Gasteiger partial charge is 0.323 e. The molecule has 0 unspecified atom stereocenters. The van der Waals surface area contributed by atoms with Gasteiger partial charge in [-0.05, 0) is 12.8 Å². The molecule has 1 rings (SSSR count). The summed E-state index contributed by atoms with van der Waals surface area (Å²) in [6, 6.07) is 0. The molecular weight excluding hydrogens is 262 g/mol. The summed E-state index contributed by atoms with van der Waals surface area (Å²) in [5, 5.41) is 13.6. The van der Waals surface area contributed by atoms with E-state index >= 15 is 0 Å². The maximum absolute atomic E-state index is 11.9. The first-order valence-electron chi connectivity index (χ1n) is 5.46. The summed E-state index contributed by atoms with van der Waals surface area (Å²) in [6.45, 7) is 0.0283. The van der Waals surface area contributed by atoms with Crippen molar-refractivity contribution in [1.82, 2.24) is 9.21 Å². The zero-order valence-electron chi connectivity index (χ0n) is 10.1. The number of carbonyl (C=O) groups is 2. The van der Waals surface area contributed by atoms with Gasteiger partial charge in [0, 0.05) is 26.1 Å². The van der Waals surface area contributed by atoms with Crippen LogP contribution >= 0.6 is 0 Å². The second-order valence-electron chi connectivity index (χ2n) is 4.31. The zero-order chi connectivity index (χ0) is 13.9. The Labute approximate surface area is 106 Å². The molecule has 0 atom stereocenters. The molecule has 1 aliphatic rings. The Morgan fingerprint density at radius 1 is 1.39 bits per heavy atom.